The van der Waals surface area contributed by atoms with E-state index in [4.69, 9.17) is 4.74 Å². The van der Waals surface area contributed by atoms with Gasteiger partial charge in [0.1, 0.15) is 0 Å². The van der Waals surface area contributed by atoms with Gasteiger partial charge in [-0.1, -0.05) is 6.92 Å². The molecule has 0 bridgehead atoms. The van der Waals surface area contributed by atoms with Crippen LogP contribution in [0, 0.1) is 0 Å². The molecule has 122 valence electrons. The number of ether oxygens (including phenoxy) is 1. The van der Waals surface area contributed by atoms with Crippen LogP contribution in [0.15, 0.2) is 6.20 Å². The van der Waals surface area contributed by atoms with Gasteiger partial charge in [-0.2, -0.15) is 5.10 Å². The molecule has 2 saturated heterocycles. The molecule has 0 radical (unpaired) electrons. The number of nitrogens with zero attached hydrogens (tertiary/aromatic N) is 4. The zero-order chi connectivity index (χ0) is 15.7. The fraction of sp³-hybridized carbons (Fsp3) is 0.750. The third-order valence-corrected chi connectivity index (χ3v) is 4.79. The second-order valence-corrected chi connectivity index (χ2v) is 6.34. The number of aromatic nitrogens is 2. The van der Waals surface area contributed by atoms with Crippen molar-refractivity contribution in [3.05, 3.63) is 17.5 Å². The van der Waals surface area contributed by atoms with Crippen molar-refractivity contribution in [1.82, 2.24) is 19.6 Å². The number of fused-ring (bicyclic) bond motifs is 1. The summed E-state index contributed by atoms with van der Waals surface area (Å²) >= 11 is 0. The molecule has 6 heteroatoms. The molecule has 1 amide bonds. The minimum atomic E-state index is 0.163. The second-order valence-electron chi connectivity index (χ2n) is 6.34. The van der Waals surface area contributed by atoms with Crippen LogP contribution in [0.4, 0.5) is 0 Å². The predicted molar refractivity (Wildman–Crippen MR) is 83.4 cm³/mol. The van der Waals surface area contributed by atoms with E-state index in [1.807, 2.05) is 16.6 Å². The highest BCUT2D eigenvalue weighted by Crippen LogP contribution is 2.24. The topological polar surface area (TPSA) is 50.6 Å². The molecule has 1 aromatic heterocycles. The molecule has 0 aromatic carbocycles. The van der Waals surface area contributed by atoms with Gasteiger partial charge in [-0.3, -0.25) is 14.4 Å². The van der Waals surface area contributed by atoms with Crippen molar-refractivity contribution in [3.63, 3.8) is 0 Å². The van der Waals surface area contributed by atoms with E-state index in [0.29, 0.717) is 6.61 Å². The number of carbonyl (C=O) groups is 1. The summed E-state index contributed by atoms with van der Waals surface area (Å²) in [5.74, 6) is 0.163. The van der Waals surface area contributed by atoms with Crippen molar-refractivity contribution in [3.8, 4) is 0 Å². The fourth-order valence-corrected chi connectivity index (χ4v) is 3.73. The molecule has 0 spiro atoms. The maximum atomic E-state index is 11.9. The summed E-state index contributed by atoms with van der Waals surface area (Å²) in [5, 5.41) is 4.52. The standard InChI is InChI=1S/C16H26N4O2/c1-4-14-13(9-18(3)17-14)10-19-6-5-16-15(11-19)20(12(2)21)7-8-22-16/h9,15-16H,4-8,10-11H2,1-3H3. The van der Waals surface area contributed by atoms with Crippen molar-refractivity contribution in [2.45, 2.75) is 45.4 Å². The van der Waals surface area contributed by atoms with Gasteiger partial charge in [0, 0.05) is 51.9 Å². The highest BCUT2D eigenvalue weighted by molar-refractivity contribution is 5.73. The Bertz CT molecular complexity index is 542. The molecule has 3 rings (SSSR count). The van der Waals surface area contributed by atoms with Crippen LogP contribution >= 0.6 is 0 Å². The summed E-state index contributed by atoms with van der Waals surface area (Å²) < 4.78 is 7.77. The van der Waals surface area contributed by atoms with Gasteiger partial charge >= 0.3 is 0 Å². The highest BCUT2D eigenvalue weighted by atomic mass is 16.5. The summed E-state index contributed by atoms with van der Waals surface area (Å²) in [6.07, 6.45) is 4.27. The van der Waals surface area contributed by atoms with E-state index in [1.54, 1.807) is 6.92 Å². The van der Waals surface area contributed by atoms with E-state index in [9.17, 15) is 4.79 Å². The molecule has 22 heavy (non-hydrogen) atoms. The highest BCUT2D eigenvalue weighted by Gasteiger charge is 2.38. The molecule has 2 aliphatic rings. The van der Waals surface area contributed by atoms with Gasteiger partial charge in [0.05, 0.1) is 24.4 Å². The summed E-state index contributed by atoms with van der Waals surface area (Å²) in [7, 11) is 1.97. The molecule has 2 fully saturated rings. The Hall–Kier alpha value is -1.40. The van der Waals surface area contributed by atoms with Crippen molar-refractivity contribution in [1.29, 1.82) is 0 Å². The number of rotatable bonds is 3. The van der Waals surface area contributed by atoms with Crippen LogP contribution in [0.1, 0.15) is 31.5 Å². The number of hydrogen-bond donors (Lipinski definition) is 0. The van der Waals surface area contributed by atoms with Gasteiger partial charge in [0.25, 0.3) is 0 Å². The minimum absolute atomic E-state index is 0.163. The summed E-state index contributed by atoms with van der Waals surface area (Å²) in [4.78, 5) is 16.3. The summed E-state index contributed by atoms with van der Waals surface area (Å²) in [6, 6.07) is 0.196. The normalized spacial score (nSPS) is 26.0. The summed E-state index contributed by atoms with van der Waals surface area (Å²) in [5.41, 5.74) is 2.47. The first-order chi connectivity index (χ1) is 10.6. The number of likely N-dealkylation sites (tertiary alicyclic amines) is 1. The molecular weight excluding hydrogens is 280 g/mol. The lowest BCUT2D eigenvalue weighted by molar-refractivity contribution is -0.150. The van der Waals surface area contributed by atoms with Crippen LogP contribution in [0.5, 0.6) is 0 Å². The van der Waals surface area contributed by atoms with Gasteiger partial charge in [0.2, 0.25) is 5.91 Å². The molecule has 6 nitrogen and oxygen atoms in total. The molecule has 2 unspecified atom stereocenters. The monoisotopic (exact) mass is 306 g/mol. The molecule has 0 aliphatic carbocycles. The van der Waals surface area contributed by atoms with Crippen molar-refractivity contribution >= 4 is 5.91 Å². The quantitative estimate of drug-likeness (QED) is 0.829. The zero-order valence-electron chi connectivity index (χ0n) is 13.8. The first-order valence-electron chi connectivity index (χ1n) is 8.21. The maximum Gasteiger partial charge on any atom is 0.219 e. The van der Waals surface area contributed by atoms with Gasteiger partial charge in [0.15, 0.2) is 0 Å². The van der Waals surface area contributed by atoms with Crippen LogP contribution in [-0.4, -0.2) is 63.9 Å². The molecule has 1 aromatic rings. The third kappa shape index (κ3) is 3.03. The Labute approximate surface area is 132 Å². The van der Waals surface area contributed by atoms with Crippen LogP contribution in [-0.2, 0) is 29.5 Å². The van der Waals surface area contributed by atoms with Crippen molar-refractivity contribution in [2.24, 2.45) is 7.05 Å². The number of amides is 1. The minimum Gasteiger partial charge on any atom is -0.374 e. The Balaban J connectivity index is 1.70. The first kappa shape index (κ1) is 15.5. The van der Waals surface area contributed by atoms with E-state index in [1.165, 1.54) is 11.3 Å². The Morgan fingerprint density at radius 2 is 2.27 bits per heavy atom. The van der Waals surface area contributed by atoms with E-state index >= 15 is 0 Å². The smallest absolute Gasteiger partial charge is 0.219 e. The largest absolute Gasteiger partial charge is 0.374 e. The van der Waals surface area contributed by atoms with E-state index in [0.717, 1.165) is 39.0 Å². The average molecular weight is 306 g/mol. The van der Waals surface area contributed by atoms with E-state index in [-0.39, 0.29) is 18.1 Å². The Morgan fingerprint density at radius 3 is 3.00 bits per heavy atom. The number of morpholine rings is 1. The SMILES string of the molecule is CCc1nn(C)cc1CN1CCC2OCCN(C(C)=O)C2C1. The fourth-order valence-electron chi connectivity index (χ4n) is 3.73. The lowest BCUT2D eigenvalue weighted by Gasteiger charge is -2.46. The third-order valence-electron chi connectivity index (χ3n) is 4.79. The van der Waals surface area contributed by atoms with Crippen LogP contribution < -0.4 is 0 Å². The molecule has 3 heterocycles. The maximum absolute atomic E-state index is 11.9. The van der Waals surface area contributed by atoms with E-state index in [2.05, 4.69) is 23.1 Å². The van der Waals surface area contributed by atoms with Crippen molar-refractivity contribution in [2.75, 3.05) is 26.2 Å². The van der Waals surface area contributed by atoms with Gasteiger partial charge in [-0.25, -0.2) is 0 Å². The van der Waals surface area contributed by atoms with E-state index < -0.39 is 0 Å². The number of piperidine rings is 1. The first-order valence-corrected chi connectivity index (χ1v) is 8.21. The van der Waals surface area contributed by atoms with Crippen LogP contribution in [0.3, 0.4) is 0 Å². The molecule has 2 aliphatic heterocycles. The van der Waals surface area contributed by atoms with Crippen LogP contribution in [0.25, 0.3) is 0 Å². The summed E-state index contributed by atoms with van der Waals surface area (Å²) in [6.45, 7) is 8.02. The number of hydrogen-bond acceptors (Lipinski definition) is 4. The molecule has 0 N–H and O–H groups in total. The lowest BCUT2D eigenvalue weighted by Crippen LogP contribution is -2.60. The number of aryl methyl sites for hydroxylation is 2. The van der Waals surface area contributed by atoms with Crippen LogP contribution in [0.2, 0.25) is 0 Å². The van der Waals surface area contributed by atoms with Gasteiger partial charge in [-0.15, -0.1) is 0 Å². The second kappa shape index (κ2) is 6.38. The number of carbonyl (C=O) groups excluding carboxylic acids is 1. The van der Waals surface area contributed by atoms with Gasteiger partial charge in [-0.05, 0) is 12.8 Å². The Morgan fingerprint density at radius 1 is 1.45 bits per heavy atom. The van der Waals surface area contributed by atoms with Crippen molar-refractivity contribution < 1.29 is 9.53 Å². The molecule has 2 atom stereocenters. The average Bonchev–Trinajstić information content (AvgIpc) is 2.86. The lowest BCUT2D eigenvalue weighted by atomic mass is 9.98. The molecule has 0 saturated carbocycles. The zero-order valence-corrected chi connectivity index (χ0v) is 13.8. The predicted octanol–water partition coefficient (Wildman–Crippen LogP) is 0.804. The molecular formula is C16H26N4O2. The van der Waals surface area contributed by atoms with Gasteiger partial charge < -0.3 is 9.64 Å². The Kier molecular flexibility index (Phi) is 4.49.